The van der Waals surface area contributed by atoms with E-state index in [-0.39, 0.29) is 28.4 Å². The maximum atomic E-state index is 14.8. The van der Waals surface area contributed by atoms with E-state index in [1.54, 1.807) is 12.3 Å². The van der Waals surface area contributed by atoms with Crippen molar-refractivity contribution in [1.82, 2.24) is 14.3 Å². The average Bonchev–Trinajstić information content (AvgIpc) is 3.19. The molecule has 25 heavy (non-hydrogen) atoms. The second-order valence-corrected chi connectivity index (χ2v) is 6.99. The van der Waals surface area contributed by atoms with Gasteiger partial charge in [0.05, 0.1) is 16.0 Å². The van der Waals surface area contributed by atoms with E-state index < -0.39 is 17.8 Å². The van der Waals surface area contributed by atoms with Crippen LogP contribution in [0.5, 0.6) is 5.88 Å². The van der Waals surface area contributed by atoms with Crippen LogP contribution >= 0.6 is 11.5 Å². The Labute approximate surface area is 147 Å². The number of nitrogens with one attached hydrogen (secondary N) is 2. The Balaban J connectivity index is 2.13. The highest BCUT2D eigenvalue weighted by molar-refractivity contribution is 7.09. The largest absolute Gasteiger partial charge is 0.494 e. The smallest absolute Gasteiger partial charge is 0.239 e. The van der Waals surface area contributed by atoms with Gasteiger partial charge in [-0.1, -0.05) is 13.8 Å². The van der Waals surface area contributed by atoms with E-state index in [1.807, 2.05) is 13.8 Å². The number of hydrogen-bond donors (Lipinski definition) is 4. The van der Waals surface area contributed by atoms with Crippen molar-refractivity contribution in [3.8, 4) is 16.5 Å². The summed E-state index contributed by atoms with van der Waals surface area (Å²) in [6.07, 6.45) is 3.40. The third kappa shape index (κ3) is 3.27. The summed E-state index contributed by atoms with van der Waals surface area (Å²) < 4.78 is 18.9. The van der Waals surface area contributed by atoms with Crippen molar-refractivity contribution in [2.45, 2.75) is 26.3 Å². The molecule has 132 valence electrons. The first kappa shape index (κ1) is 17.2. The number of nitrogens with two attached hydrogens (primary N) is 1. The zero-order valence-electron chi connectivity index (χ0n) is 13.7. The van der Waals surface area contributed by atoms with Crippen molar-refractivity contribution in [3.63, 3.8) is 0 Å². The third-order valence-electron chi connectivity index (χ3n) is 3.80. The van der Waals surface area contributed by atoms with Gasteiger partial charge in [-0.25, -0.2) is 13.7 Å². The Hall–Kier alpha value is -2.68. The Morgan fingerprint density at radius 1 is 1.52 bits per heavy atom. The summed E-state index contributed by atoms with van der Waals surface area (Å²) in [6, 6.07) is 0.974. The van der Waals surface area contributed by atoms with Gasteiger partial charge in [-0.05, 0) is 29.9 Å². The number of pyridine rings is 1. The topological polar surface area (TPSA) is 117 Å². The van der Waals surface area contributed by atoms with E-state index in [2.05, 4.69) is 19.7 Å². The molecule has 0 aliphatic carbocycles. The SMILES string of the molecule is CC(C)C[C@@H](Nc1nc(-c2ccns2)c2c(O)[nH]cc2c1F)C(N)=O. The van der Waals surface area contributed by atoms with Crippen LogP contribution in [0, 0.1) is 11.7 Å². The van der Waals surface area contributed by atoms with Gasteiger partial charge in [-0.2, -0.15) is 0 Å². The molecule has 9 heteroatoms. The molecule has 0 aliphatic rings. The molecular formula is C16H18FN5O2S. The van der Waals surface area contributed by atoms with Crippen LogP contribution in [0.15, 0.2) is 18.5 Å². The van der Waals surface area contributed by atoms with Gasteiger partial charge in [0, 0.05) is 17.8 Å². The fourth-order valence-corrected chi connectivity index (χ4v) is 3.26. The van der Waals surface area contributed by atoms with Gasteiger partial charge >= 0.3 is 0 Å². The molecule has 0 aromatic carbocycles. The van der Waals surface area contributed by atoms with Crippen LogP contribution in [0.25, 0.3) is 21.3 Å². The lowest BCUT2D eigenvalue weighted by molar-refractivity contribution is -0.119. The molecule has 7 nitrogen and oxygen atoms in total. The number of H-pyrrole nitrogens is 1. The molecule has 0 unspecified atom stereocenters. The van der Waals surface area contributed by atoms with Crippen LogP contribution in [0.2, 0.25) is 0 Å². The van der Waals surface area contributed by atoms with Crippen molar-refractivity contribution in [1.29, 1.82) is 0 Å². The minimum Gasteiger partial charge on any atom is -0.494 e. The second kappa shape index (κ2) is 6.67. The number of aromatic amines is 1. The second-order valence-electron chi connectivity index (χ2n) is 6.15. The maximum absolute atomic E-state index is 14.8. The number of rotatable bonds is 6. The van der Waals surface area contributed by atoms with E-state index >= 15 is 0 Å². The fraction of sp³-hybridized carbons (Fsp3) is 0.312. The predicted octanol–water partition coefficient (Wildman–Crippen LogP) is 2.84. The number of carbonyl (C=O) groups is 1. The Morgan fingerprint density at radius 3 is 2.88 bits per heavy atom. The zero-order valence-corrected chi connectivity index (χ0v) is 14.5. The van der Waals surface area contributed by atoms with Crippen molar-refractivity contribution in [2.75, 3.05) is 5.32 Å². The number of hydrogen-bond acceptors (Lipinski definition) is 6. The highest BCUT2D eigenvalue weighted by Gasteiger charge is 2.24. The molecule has 3 aromatic heterocycles. The number of aromatic nitrogens is 3. The standard InChI is InChI=1S/C16H18FN5O2S/c1-7(2)5-9(14(18)23)21-15-12(17)8-6-19-16(24)11(8)13(22-15)10-3-4-20-25-10/h3-4,6-7,9,19,21,24H,5H2,1-2H3,(H2,18,23)/t9-/m1/s1. The number of primary amides is 1. The lowest BCUT2D eigenvalue weighted by atomic mass is 10.0. The summed E-state index contributed by atoms with van der Waals surface area (Å²) in [5, 5.41) is 13.3. The minimum atomic E-state index is -0.749. The van der Waals surface area contributed by atoms with Crippen LogP contribution < -0.4 is 11.1 Å². The Bertz CT molecular complexity index is 907. The van der Waals surface area contributed by atoms with Gasteiger partial charge in [-0.15, -0.1) is 0 Å². The van der Waals surface area contributed by atoms with Crippen molar-refractivity contribution < 1.29 is 14.3 Å². The molecule has 3 aromatic rings. The van der Waals surface area contributed by atoms with E-state index in [9.17, 15) is 14.3 Å². The number of halogens is 1. The number of amides is 1. The molecule has 0 radical (unpaired) electrons. The minimum absolute atomic E-state index is 0.0839. The molecular weight excluding hydrogens is 345 g/mol. The number of nitrogens with zero attached hydrogens (tertiary/aromatic N) is 2. The molecule has 1 amide bonds. The third-order valence-corrected chi connectivity index (χ3v) is 4.55. The van der Waals surface area contributed by atoms with Crippen molar-refractivity contribution in [3.05, 3.63) is 24.3 Å². The Kier molecular flexibility index (Phi) is 4.58. The lowest BCUT2D eigenvalue weighted by Gasteiger charge is -2.19. The summed E-state index contributed by atoms with van der Waals surface area (Å²) in [5.74, 6) is -1.31. The van der Waals surface area contributed by atoms with E-state index in [0.29, 0.717) is 17.0 Å². The molecule has 0 saturated heterocycles. The first-order valence-electron chi connectivity index (χ1n) is 7.75. The zero-order chi connectivity index (χ0) is 18.1. The number of anilines is 1. The molecule has 0 saturated carbocycles. The summed E-state index contributed by atoms with van der Waals surface area (Å²) in [5.41, 5.74) is 5.81. The molecule has 0 bridgehead atoms. The van der Waals surface area contributed by atoms with E-state index in [0.717, 1.165) is 0 Å². The number of aromatic hydroxyl groups is 1. The van der Waals surface area contributed by atoms with Crippen LogP contribution in [0.1, 0.15) is 20.3 Å². The van der Waals surface area contributed by atoms with Crippen molar-refractivity contribution in [2.24, 2.45) is 11.7 Å². The van der Waals surface area contributed by atoms with Crippen LogP contribution in [-0.4, -0.2) is 31.4 Å². The molecule has 3 heterocycles. The van der Waals surface area contributed by atoms with Gasteiger partial charge in [0.15, 0.2) is 17.5 Å². The molecule has 0 aliphatic heterocycles. The predicted molar refractivity (Wildman–Crippen MR) is 94.9 cm³/mol. The molecule has 0 spiro atoms. The van der Waals surface area contributed by atoms with Gasteiger partial charge in [0.25, 0.3) is 0 Å². The first-order valence-corrected chi connectivity index (χ1v) is 8.52. The van der Waals surface area contributed by atoms with Crippen LogP contribution in [0.3, 0.4) is 0 Å². The molecule has 1 atom stereocenters. The molecule has 5 N–H and O–H groups in total. The van der Waals surface area contributed by atoms with Crippen molar-refractivity contribution >= 4 is 34.0 Å². The number of fused-ring (bicyclic) bond motifs is 1. The molecule has 3 rings (SSSR count). The quantitative estimate of drug-likeness (QED) is 0.537. The maximum Gasteiger partial charge on any atom is 0.239 e. The normalized spacial score (nSPS) is 12.6. The summed E-state index contributed by atoms with van der Waals surface area (Å²) in [4.78, 5) is 19.3. The van der Waals surface area contributed by atoms with Gasteiger partial charge in [-0.3, -0.25) is 4.79 Å². The van der Waals surface area contributed by atoms with Gasteiger partial charge in [0.1, 0.15) is 6.04 Å². The summed E-state index contributed by atoms with van der Waals surface area (Å²) in [7, 11) is 0. The Morgan fingerprint density at radius 2 is 2.28 bits per heavy atom. The first-order chi connectivity index (χ1) is 11.9. The van der Waals surface area contributed by atoms with E-state index in [4.69, 9.17) is 5.73 Å². The monoisotopic (exact) mass is 363 g/mol. The summed E-state index contributed by atoms with van der Waals surface area (Å²) >= 11 is 1.17. The van der Waals surface area contributed by atoms with Crippen LogP contribution in [-0.2, 0) is 4.79 Å². The lowest BCUT2D eigenvalue weighted by Crippen LogP contribution is -2.37. The number of carbonyl (C=O) groups excluding carboxylic acids is 1. The fourth-order valence-electron chi connectivity index (χ4n) is 2.66. The van der Waals surface area contributed by atoms with E-state index in [1.165, 1.54) is 17.7 Å². The highest BCUT2D eigenvalue weighted by atomic mass is 32.1. The van der Waals surface area contributed by atoms with Crippen LogP contribution in [0.4, 0.5) is 10.2 Å². The highest BCUT2D eigenvalue weighted by Crippen LogP contribution is 2.38. The average molecular weight is 363 g/mol. The van der Waals surface area contributed by atoms with Gasteiger partial charge < -0.3 is 21.1 Å². The van der Waals surface area contributed by atoms with Gasteiger partial charge in [0.2, 0.25) is 5.91 Å². The summed E-state index contributed by atoms with van der Waals surface area (Å²) in [6.45, 7) is 3.88. The molecule has 0 fully saturated rings.